The number of hydrogen-bond acceptors (Lipinski definition) is 4. The molecule has 1 aromatic heterocycles. The predicted octanol–water partition coefficient (Wildman–Crippen LogP) is 2.76. The van der Waals surface area contributed by atoms with E-state index in [2.05, 4.69) is 10.3 Å². The van der Waals surface area contributed by atoms with E-state index in [0.29, 0.717) is 29.8 Å². The maximum atomic E-state index is 13.0. The molecule has 1 aliphatic rings. The fourth-order valence-electron chi connectivity index (χ4n) is 3.29. The zero-order chi connectivity index (χ0) is 21.5. The third-order valence-corrected chi connectivity index (χ3v) is 4.97. The number of halogens is 3. The first-order chi connectivity index (χ1) is 14.2. The molecule has 30 heavy (non-hydrogen) atoms. The van der Waals surface area contributed by atoms with E-state index >= 15 is 0 Å². The molecular formula is C20H16F3N5O2. The monoisotopic (exact) mass is 415 g/mol. The summed E-state index contributed by atoms with van der Waals surface area (Å²) in [5, 5.41) is 7.53. The molecule has 2 amide bonds. The van der Waals surface area contributed by atoms with Gasteiger partial charge in [0.15, 0.2) is 5.69 Å². The maximum Gasteiger partial charge on any atom is 0.416 e. The number of likely N-dealkylation sites (tertiary alicyclic amines) is 1. The minimum Gasteiger partial charge on any atom is -0.364 e. The van der Waals surface area contributed by atoms with Crippen molar-refractivity contribution in [3.05, 3.63) is 71.5 Å². The number of aromatic nitrogens is 3. The normalized spacial score (nSPS) is 14.4. The highest BCUT2D eigenvalue weighted by Crippen LogP contribution is 2.33. The Morgan fingerprint density at radius 1 is 1.03 bits per heavy atom. The molecule has 154 valence electrons. The lowest BCUT2D eigenvalue weighted by atomic mass is 9.96. The van der Waals surface area contributed by atoms with E-state index in [-0.39, 0.29) is 17.6 Å². The number of carbonyl (C=O) groups excluding carboxylic acids is 2. The van der Waals surface area contributed by atoms with E-state index in [1.807, 2.05) is 0 Å². The molecule has 0 spiro atoms. The third-order valence-electron chi connectivity index (χ3n) is 4.97. The molecule has 1 fully saturated rings. The molecule has 0 atom stereocenters. The number of alkyl halides is 3. The molecule has 0 saturated carbocycles. The van der Waals surface area contributed by atoms with Gasteiger partial charge in [0.2, 0.25) is 0 Å². The molecule has 4 rings (SSSR count). The van der Waals surface area contributed by atoms with Gasteiger partial charge in [0, 0.05) is 18.7 Å². The number of primary amides is 1. The van der Waals surface area contributed by atoms with Crippen LogP contribution in [-0.2, 0) is 6.18 Å². The van der Waals surface area contributed by atoms with Crippen molar-refractivity contribution in [1.29, 1.82) is 0 Å². The summed E-state index contributed by atoms with van der Waals surface area (Å²) in [6, 6.07) is 11.3. The Morgan fingerprint density at radius 3 is 2.30 bits per heavy atom. The van der Waals surface area contributed by atoms with Crippen molar-refractivity contribution >= 4 is 11.8 Å². The number of carbonyl (C=O) groups is 2. The quantitative estimate of drug-likeness (QED) is 0.709. The van der Waals surface area contributed by atoms with Gasteiger partial charge in [0.1, 0.15) is 0 Å². The Kier molecular flexibility index (Phi) is 4.76. The molecule has 3 aromatic rings. The first kappa shape index (κ1) is 19.6. The van der Waals surface area contributed by atoms with Gasteiger partial charge in [-0.15, -0.1) is 5.10 Å². The fourth-order valence-corrected chi connectivity index (χ4v) is 3.29. The summed E-state index contributed by atoms with van der Waals surface area (Å²) in [5.74, 6) is -0.920. The summed E-state index contributed by atoms with van der Waals surface area (Å²) in [6.07, 6.45) is -2.98. The van der Waals surface area contributed by atoms with E-state index in [1.165, 1.54) is 23.0 Å². The molecular weight excluding hydrogens is 399 g/mol. The number of benzene rings is 2. The standard InChI is InChI=1S/C20H16F3N5O2/c21-20(22,23)13-7-5-12(6-8-13)15-3-1-2-4-16(15)19(30)27-9-14(10-27)28-11-17(18(24)29)25-26-28/h1-8,11,14H,9-10H2,(H2,24,29). The molecule has 10 heteroatoms. The van der Waals surface area contributed by atoms with Crippen LogP contribution in [0.25, 0.3) is 11.1 Å². The lowest BCUT2D eigenvalue weighted by Crippen LogP contribution is -2.51. The van der Waals surface area contributed by atoms with Crippen molar-refractivity contribution in [2.45, 2.75) is 12.2 Å². The summed E-state index contributed by atoms with van der Waals surface area (Å²) in [5.41, 5.74) is 5.93. The average molecular weight is 415 g/mol. The highest BCUT2D eigenvalue weighted by molar-refractivity contribution is 6.01. The van der Waals surface area contributed by atoms with Gasteiger partial charge in [-0.05, 0) is 29.3 Å². The molecule has 0 aliphatic carbocycles. The second-order valence-electron chi connectivity index (χ2n) is 6.93. The van der Waals surface area contributed by atoms with E-state index < -0.39 is 17.6 Å². The largest absolute Gasteiger partial charge is 0.416 e. The van der Waals surface area contributed by atoms with E-state index in [0.717, 1.165) is 12.1 Å². The lowest BCUT2D eigenvalue weighted by Gasteiger charge is -2.39. The van der Waals surface area contributed by atoms with Crippen LogP contribution in [0.4, 0.5) is 13.2 Å². The molecule has 1 saturated heterocycles. The van der Waals surface area contributed by atoms with Gasteiger partial charge in [-0.3, -0.25) is 9.59 Å². The second kappa shape index (κ2) is 7.29. The topological polar surface area (TPSA) is 94.1 Å². The van der Waals surface area contributed by atoms with Crippen molar-refractivity contribution in [2.75, 3.05) is 13.1 Å². The smallest absolute Gasteiger partial charge is 0.364 e. The summed E-state index contributed by atoms with van der Waals surface area (Å²) in [4.78, 5) is 25.7. The predicted molar refractivity (Wildman–Crippen MR) is 100 cm³/mol. The number of rotatable bonds is 4. The lowest BCUT2D eigenvalue weighted by molar-refractivity contribution is -0.137. The van der Waals surface area contributed by atoms with Gasteiger partial charge in [0.05, 0.1) is 17.8 Å². The Morgan fingerprint density at radius 2 is 1.70 bits per heavy atom. The summed E-state index contributed by atoms with van der Waals surface area (Å²) in [7, 11) is 0. The van der Waals surface area contributed by atoms with Crippen molar-refractivity contribution in [3.63, 3.8) is 0 Å². The third kappa shape index (κ3) is 3.63. The average Bonchev–Trinajstić information content (AvgIpc) is 3.16. The Balaban J connectivity index is 1.51. The van der Waals surface area contributed by atoms with Crippen LogP contribution in [0.3, 0.4) is 0 Å². The van der Waals surface area contributed by atoms with Crippen LogP contribution in [0.2, 0.25) is 0 Å². The van der Waals surface area contributed by atoms with Crippen LogP contribution in [0.1, 0.15) is 32.5 Å². The van der Waals surface area contributed by atoms with Crippen LogP contribution in [0.5, 0.6) is 0 Å². The SMILES string of the molecule is NC(=O)c1cn(C2CN(C(=O)c3ccccc3-c3ccc(C(F)(F)F)cc3)C2)nn1. The second-order valence-corrected chi connectivity index (χ2v) is 6.93. The van der Waals surface area contributed by atoms with Crippen molar-refractivity contribution in [2.24, 2.45) is 5.73 Å². The summed E-state index contributed by atoms with van der Waals surface area (Å²) >= 11 is 0. The maximum absolute atomic E-state index is 13.0. The van der Waals surface area contributed by atoms with E-state index in [4.69, 9.17) is 5.73 Å². The summed E-state index contributed by atoms with van der Waals surface area (Å²) < 4.78 is 39.9. The van der Waals surface area contributed by atoms with Gasteiger partial charge < -0.3 is 10.6 Å². The zero-order valence-electron chi connectivity index (χ0n) is 15.5. The van der Waals surface area contributed by atoms with Gasteiger partial charge >= 0.3 is 6.18 Å². The molecule has 2 heterocycles. The molecule has 2 aromatic carbocycles. The molecule has 2 N–H and O–H groups in total. The van der Waals surface area contributed by atoms with Crippen LogP contribution in [-0.4, -0.2) is 44.8 Å². The molecule has 7 nitrogen and oxygen atoms in total. The van der Waals surface area contributed by atoms with Gasteiger partial charge in [-0.25, -0.2) is 4.68 Å². The molecule has 0 bridgehead atoms. The molecule has 0 radical (unpaired) electrons. The number of hydrogen-bond donors (Lipinski definition) is 1. The summed E-state index contributed by atoms with van der Waals surface area (Å²) in [6.45, 7) is 0.726. The van der Waals surface area contributed by atoms with Crippen LogP contribution < -0.4 is 5.73 Å². The van der Waals surface area contributed by atoms with Crippen LogP contribution in [0, 0.1) is 0 Å². The highest BCUT2D eigenvalue weighted by Gasteiger charge is 2.34. The minimum absolute atomic E-state index is 0.0485. The first-order valence-corrected chi connectivity index (χ1v) is 9.01. The Labute approximate surface area is 168 Å². The zero-order valence-corrected chi connectivity index (χ0v) is 15.5. The van der Waals surface area contributed by atoms with Crippen LogP contribution in [0.15, 0.2) is 54.7 Å². The van der Waals surface area contributed by atoms with Crippen LogP contribution >= 0.6 is 0 Å². The highest BCUT2D eigenvalue weighted by atomic mass is 19.4. The van der Waals surface area contributed by atoms with Crippen molar-refractivity contribution < 1.29 is 22.8 Å². The van der Waals surface area contributed by atoms with Gasteiger partial charge in [-0.2, -0.15) is 13.2 Å². The number of amides is 2. The number of nitrogens with zero attached hydrogens (tertiary/aromatic N) is 4. The first-order valence-electron chi connectivity index (χ1n) is 9.01. The van der Waals surface area contributed by atoms with E-state index in [1.54, 1.807) is 29.2 Å². The Hall–Kier alpha value is -3.69. The fraction of sp³-hybridized carbons (Fsp3) is 0.200. The molecule has 0 unspecified atom stereocenters. The number of nitrogens with two attached hydrogens (primary N) is 1. The van der Waals surface area contributed by atoms with Crippen molar-refractivity contribution in [1.82, 2.24) is 19.9 Å². The van der Waals surface area contributed by atoms with Gasteiger partial charge in [0.25, 0.3) is 11.8 Å². The molecule has 1 aliphatic heterocycles. The minimum atomic E-state index is -4.42. The Bertz CT molecular complexity index is 1100. The van der Waals surface area contributed by atoms with Gasteiger partial charge in [-0.1, -0.05) is 35.5 Å². The van der Waals surface area contributed by atoms with E-state index in [9.17, 15) is 22.8 Å². The van der Waals surface area contributed by atoms with Crippen molar-refractivity contribution in [3.8, 4) is 11.1 Å².